The van der Waals surface area contributed by atoms with Crippen LogP contribution in [-0.2, 0) is 4.79 Å². The monoisotopic (exact) mass is 190 g/mol. The molecule has 0 amide bonds. The third-order valence-corrected chi connectivity index (χ3v) is 2.20. The van der Waals surface area contributed by atoms with Crippen LogP contribution in [0.3, 0.4) is 0 Å². The van der Waals surface area contributed by atoms with E-state index in [0.717, 1.165) is 10.9 Å². The minimum Gasteiger partial charge on any atom is -0.480 e. The Morgan fingerprint density at radius 3 is 2.93 bits per heavy atom. The second-order valence-corrected chi connectivity index (χ2v) is 3.14. The summed E-state index contributed by atoms with van der Waals surface area (Å²) in [5, 5.41) is 9.77. The van der Waals surface area contributed by atoms with Crippen molar-refractivity contribution in [2.45, 2.75) is 6.04 Å². The number of rotatable bonds is 2. The number of aromatic nitrogens is 1. The number of H-pyrrole nitrogens is 1. The Kier molecular flexibility index (Phi) is 1.98. The Balaban J connectivity index is 2.48. The number of aromatic amines is 1. The van der Waals surface area contributed by atoms with E-state index < -0.39 is 12.0 Å². The molecule has 1 heterocycles. The number of nitrogens with two attached hydrogens (primary N) is 1. The van der Waals surface area contributed by atoms with E-state index in [2.05, 4.69) is 4.98 Å². The largest absolute Gasteiger partial charge is 0.480 e. The first kappa shape index (κ1) is 8.77. The van der Waals surface area contributed by atoms with Gasteiger partial charge in [0.15, 0.2) is 0 Å². The van der Waals surface area contributed by atoms with Gasteiger partial charge in [-0.3, -0.25) is 4.79 Å². The number of benzene rings is 1. The zero-order chi connectivity index (χ0) is 10.1. The highest BCUT2D eigenvalue weighted by Crippen LogP contribution is 2.18. The molecule has 0 aliphatic carbocycles. The average molecular weight is 190 g/mol. The van der Waals surface area contributed by atoms with Gasteiger partial charge in [0.25, 0.3) is 0 Å². The van der Waals surface area contributed by atoms with Gasteiger partial charge in [0.1, 0.15) is 6.04 Å². The minimum absolute atomic E-state index is 0.604. The fourth-order valence-corrected chi connectivity index (χ4v) is 1.40. The molecule has 2 aromatic rings. The molecule has 0 saturated heterocycles. The van der Waals surface area contributed by atoms with Gasteiger partial charge in [-0.2, -0.15) is 0 Å². The van der Waals surface area contributed by atoms with Crippen molar-refractivity contribution >= 4 is 16.9 Å². The number of nitrogens with one attached hydrogen (secondary N) is 1. The van der Waals surface area contributed by atoms with Crippen molar-refractivity contribution in [2.75, 3.05) is 0 Å². The fraction of sp³-hybridized carbons (Fsp3) is 0.100. The van der Waals surface area contributed by atoms with E-state index in [4.69, 9.17) is 10.8 Å². The highest BCUT2D eigenvalue weighted by molar-refractivity contribution is 5.82. The molecule has 14 heavy (non-hydrogen) atoms. The predicted molar refractivity (Wildman–Crippen MR) is 52.9 cm³/mol. The summed E-state index contributed by atoms with van der Waals surface area (Å²) in [6.45, 7) is 0. The van der Waals surface area contributed by atoms with Crippen molar-refractivity contribution in [2.24, 2.45) is 5.73 Å². The maximum absolute atomic E-state index is 10.6. The van der Waals surface area contributed by atoms with Gasteiger partial charge in [0.05, 0.1) is 0 Å². The number of hydrogen-bond donors (Lipinski definition) is 3. The van der Waals surface area contributed by atoms with E-state index in [0.29, 0.717) is 5.56 Å². The Morgan fingerprint density at radius 2 is 2.21 bits per heavy atom. The van der Waals surface area contributed by atoms with Crippen LogP contribution >= 0.6 is 0 Å². The molecular formula is C10H10N2O2. The third-order valence-electron chi connectivity index (χ3n) is 2.20. The highest BCUT2D eigenvalue weighted by atomic mass is 16.4. The molecule has 72 valence electrons. The lowest BCUT2D eigenvalue weighted by molar-refractivity contribution is -0.138. The van der Waals surface area contributed by atoms with Crippen LogP contribution in [0.5, 0.6) is 0 Å². The van der Waals surface area contributed by atoms with E-state index in [1.165, 1.54) is 0 Å². The second kappa shape index (κ2) is 3.16. The molecule has 4 heteroatoms. The molecule has 2 rings (SSSR count). The Bertz CT molecular complexity index is 476. The molecule has 1 atom stereocenters. The third kappa shape index (κ3) is 1.36. The van der Waals surface area contributed by atoms with Crippen molar-refractivity contribution in [1.82, 2.24) is 4.98 Å². The summed E-state index contributed by atoms with van der Waals surface area (Å²) >= 11 is 0. The van der Waals surface area contributed by atoms with Crippen LogP contribution in [0.15, 0.2) is 30.5 Å². The number of carbonyl (C=O) groups is 1. The molecule has 4 N–H and O–H groups in total. The quantitative estimate of drug-likeness (QED) is 0.666. The predicted octanol–water partition coefficient (Wildman–Crippen LogP) is 1.25. The summed E-state index contributed by atoms with van der Waals surface area (Å²) in [6.07, 6.45) is 1.81. The standard InChI is InChI=1S/C10H10N2O2/c11-9(10(13)14)7-2-1-6-3-4-12-8(6)5-7/h1-5,9,12H,11H2,(H,13,14)/t9-/m0/s1. The summed E-state index contributed by atoms with van der Waals surface area (Å²) < 4.78 is 0. The number of fused-ring (bicyclic) bond motifs is 1. The molecule has 0 aliphatic rings. The van der Waals surface area contributed by atoms with Crippen molar-refractivity contribution in [1.29, 1.82) is 0 Å². The molecule has 0 bridgehead atoms. The van der Waals surface area contributed by atoms with Crippen LogP contribution in [0.4, 0.5) is 0 Å². The maximum atomic E-state index is 10.6. The Morgan fingerprint density at radius 1 is 1.43 bits per heavy atom. The van der Waals surface area contributed by atoms with E-state index in [1.54, 1.807) is 18.3 Å². The molecule has 1 aromatic heterocycles. The van der Waals surface area contributed by atoms with Crippen LogP contribution in [-0.4, -0.2) is 16.1 Å². The van der Waals surface area contributed by atoms with Crippen molar-refractivity contribution in [3.05, 3.63) is 36.0 Å². The fourth-order valence-electron chi connectivity index (χ4n) is 1.40. The lowest BCUT2D eigenvalue weighted by Gasteiger charge is -2.05. The first-order chi connectivity index (χ1) is 6.68. The van der Waals surface area contributed by atoms with Crippen LogP contribution < -0.4 is 5.73 Å². The van der Waals surface area contributed by atoms with Gasteiger partial charge in [0.2, 0.25) is 0 Å². The SMILES string of the molecule is N[C@H](C(=O)O)c1ccc2cc[nH]c2c1. The first-order valence-electron chi connectivity index (χ1n) is 4.24. The summed E-state index contributed by atoms with van der Waals surface area (Å²) in [5.74, 6) is -1.02. The summed E-state index contributed by atoms with van der Waals surface area (Å²) in [6, 6.07) is 6.31. The van der Waals surface area contributed by atoms with E-state index >= 15 is 0 Å². The topological polar surface area (TPSA) is 79.1 Å². The van der Waals surface area contributed by atoms with Crippen LogP contribution in [0.25, 0.3) is 10.9 Å². The van der Waals surface area contributed by atoms with E-state index in [1.807, 2.05) is 12.1 Å². The molecule has 0 spiro atoms. The van der Waals surface area contributed by atoms with Gasteiger partial charge in [-0.15, -0.1) is 0 Å². The molecule has 0 aliphatic heterocycles. The van der Waals surface area contributed by atoms with Crippen LogP contribution in [0, 0.1) is 0 Å². The highest BCUT2D eigenvalue weighted by Gasteiger charge is 2.14. The smallest absolute Gasteiger partial charge is 0.325 e. The zero-order valence-electron chi connectivity index (χ0n) is 7.40. The number of carboxylic acid groups (broad SMARTS) is 1. The van der Waals surface area contributed by atoms with Gasteiger partial charge < -0.3 is 15.8 Å². The number of aliphatic carboxylic acids is 1. The van der Waals surface area contributed by atoms with Crippen LogP contribution in [0.1, 0.15) is 11.6 Å². The first-order valence-corrected chi connectivity index (χ1v) is 4.24. The van der Waals surface area contributed by atoms with Gasteiger partial charge >= 0.3 is 5.97 Å². The van der Waals surface area contributed by atoms with Gasteiger partial charge in [-0.1, -0.05) is 12.1 Å². The van der Waals surface area contributed by atoms with Gasteiger partial charge in [0, 0.05) is 11.7 Å². The Hall–Kier alpha value is -1.81. The molecule has 0 saturated carbocycles. The second-order valence-electron chi connectivity index (χ2n) is 3.14. The minimum atomic E-state index is -1.02. The van der Waals surface area contributed by atoms with Crippen molar-refractivity contribution in [3.8, 4) is 0 Å². The Labute approximate surface area is 80.3 Å². The number of carboxylic acids is 1. The summed E-state index contributed by atoms with van der Waals surface area (Å²) in [5.41, 5.74) is 6.99. The lowest BCUT2D eigenvalue weighted by Crippen LogP contribution is -2.20. The molecule has 4 nitrogen and oxygen atoms in total. The van der Waals surface area contributed by atoms with Crippen molar-refractivity contribution < 1.29 is 9.90 Å². The average Bonchev–Trinajstić information content (AvgIpc) is 2.62. The normalized spacial score (nSPS) is 12.9. The lowest BCUT2D eigenvalue weighted by atomic mass is 10.1. The molecule has 0 unspecified atom stereocenters. The molecular weight excluding hydrogens is 180 g/mol. The van der Waals surface area contributed by atoms with E-state index in [9.17, 15) is 4.79 Å². The molecule has 0 fully saturated rings. The summed E-state index contributed by atoms with van der Waals surface area (Å²) in [7, 11) is 0. The van der Waals surface area contributed by atoms with Crippen molar-refractivity contribution in [3.63, 3.8) is 0 Å². The van der Waals surface area contributed by atoms with Gasteiger partial charge in [-0.05, 0) is 23.1 Å². The zero-order valence-corrected chi connectivity index (χ0v) is 7.40. The summed E-state index contributed by atoms with van der Waals surface area (Å²) in [4.78, 5) is 13.6. The van der Waals surface area contributed by atoms with E-state index in [-0.39, 0.29) is 0 Å². The maximum Gasteiger partial charge on any atom is 0.325 e. The molecule has 1 aromatic carbocycles. The van der Waals surface area contributed by atoms with Gasteiger partial charge in [-0.25, -0.2) is 0 Å². The number of hydrogen-bond acceptors (Lipinski definition) is 2. The molecule has 0 radical (unpaired) electrons. The van der Waals surface area contributed by atoms with Crippen LogP contribution in [0.2, 0.25) is 0 Å².